The van der Waals surface area contributed by atoms with Gasteiger partial charge in [-0.1, -0.05) is 11.6 Å². The fraction of sp³-hybridized carbons (Fsp3) is 0. The monoisotopic (exact) mass is 246 g/mol. The highest BCUT2D eigenvalue weighted by molar-refractivity contribution is 6.35. The van der Waals surface area contributed by atoms with Crippen LogP contribution in [0.2, 0.25) is 5.02 Å². The minimum Gasteiger partial charge on any atom is -0.477 e. The van der Waals surface area contributed by atoms with E-state index in [9.17, 15) is 25.0 Å². The van der Waals surface area contributed by atoms with Crippen molar-refractivity contribution in [1.82, 2.24) is 0 Å². The number of nitro benzene ring substituents is 2. The number of hydrogen-bond donors (Lipinski definition) is 1. The van der Waals surface area contributed by atoms with Gasteiger partial charge >= 0.3 is 11.7 Å². The summed E-state index contributed by atoms with van der Waals surface area (Å²) in [5, 5.41) is 28.8. The molecule has 1 aromatic carbocycles. The first-order valence-corrected chi connectivity index (χ1v) is 4.08. The molecule has 0 heterocycles. The minimum atomic E-state index is -1.58. The highest BCUT2D eigenvalue weighted by Gasteiger charge is 2.30. The van der Waals surface area contributed by atoms with Gasteiger partial charge in [0.2, 0.25) is 0 Å². The predicted octanol–water partition coefficient (Wildman–Crippen LogP) is 1.85. The first-order valence-electron chi connectivity index (χ1n) is 3.70. The average molecular weight is 247 g/mol. The molecule has 0 amide bonds. The van der Waals surface area contributed by atoms with Gasteiger partial charge in [-0.25, -0.2) is 4.79 Å². The number of nitro groups is 2. The fourth-order valence-corrected chi connectivity index (χ4v) is 1.35. The fourth-order valence-electron chi connectivity index (χ4n) is 1.05. The highest BCUT2D eigenvalue weighted by atomic mass is 35.5. The van der Waals surface area contributed by atoms with E-state index < -0.39 is 37.8 Å². The van der Waals surface area contributed by atoms with Crippen LogP contribution in [-0.4, -0.2) is 20.9 Å². The predicted molar refractivity (Wildman–Crippen MR) is 51.7 cm³/mol. The number of benzene rings is 1. The summed E-state index contributed by atoms with van der Waals surface area (Å²) in [7, 11) is 0. The Kier molecular flexibility index (Phi) is 3.04. The number of rotatable bonds is 3. The lowest BCUT2D eigenvalue weighted by Gasteiger charge is -2.00. The zero-order valence-electron chi connectivity index (χ0n) is 7.42. The lowest BCUT2D eigenvalue weighted by atomic mass is 10.1. The summed E-state index contributed by atoms with van der Waals surface area (Å²) < 4.78 is 0. The van der Waals surface area contributed by atoms with E-state index in [2.05, 4.69) is 0 Å². The van der Waals surface area contributed by atoms with Crippen molar-refractivity contribution in [1.29, 1.82) is 0 Å². The van der Waals surface area contributed by atoms with E-state index in [1.807, 2.05) is 0 Å². The van der Waals surface area contributed by atoms with Crippen LogP contribution in [0.5, 0.6) is 0 Å². The maximum atomic E-state index is 10.6. The summed E-state index contributed by atoms with van der Waals surface area (Å²) in [5.74, 6) is -1.58. The third kappa shape index (κ3) is 1.91. The largest absolute Gasteiger partial charge is 0.477 e. The molecule has 1 rings (SSSR count). The Hall–Kier alpha value is -2.22. The SMILES string of the molecule is O=C(O)c1ccc([N+](=O)[O-])c(Cl)c1[N+](=O)[O-]. The van der Waals surface area contributed by atoms with Gasteiger partial charge in [-0.15, -0.1) is 0 Å². The quantitative estimate of drug-likeness (QED) is 0.641. The summed E-state index contributed by atoms with van der Waals surface area (Å²) in [6.07, 6.45) is 0. The molecule has 0 radical (unpaired) electrons. The van der Waals surface area contributed by atoms with E-state index in [0.717, 1.165) is 12.1 Å². The van der Waals surface area contributed by atoms with Gasteiger partial charge in [0.15, 0.2) is 5.02 Å². The molecular formula is C7H3ClN2O6. The molecule has 0 atom stereocenters. The normalized spacial score (nSPS) is 9.81. The van der Waals surface area contributed by atoms with Crippen molar-refractivity contribution in [2.24, 2.45) is 0 Å². The van der Waals surface area contributed by atoms with E-state index in [4.69, 9.17) is 16.7 Å². The molecule has 16 heavy (non-hydrogen) atoms. The third-order valence-electron chi connectivity index (χ3n) is 1.71. The molecule has 84 valence electrons. The van der Waals surface area contributed by atoms with Gasteiger partial charge in [0.25, 0.3) is 5.69 Å². The van der Waals surface area contributed by atoms with E-state index in [0.29, 0.717) is 0 Å². The number of carbonyl (C=O) groups is 1. The molecule has 0 fully saturated rings. The Morgan fingerprint density at radius 1 is 1.25 bits per heavy atom. The molecular weight excluding hydrogens is 244 g/mol. The summed E-state index contributed by atoms with van der Waals surface area (Å²) in [4.78, 5) is 29.6. The van der Waals surface area contributed by atoms with Gasteiger partial charge in [0.1, 0.15) is 5.56 Å². The van der Waals surface area contributed by atoms with Crippen LogP contribution in [-0.2, 0) is 0 Å². The van der Waals surface area contributed by atoms with Gasteiger partial charge < -0.3 is 5.11 Å². The first-order chi connectivity index (χ1) is 7.36. The van der Waals surface area contributed by atoms with E-state index in [1.165, 1.54) is 0 Å². The summed E-state index contributed by atoms with van der Waals surface area (Å²) >= 11 is 5.40. The Morgan fingerprint density at radius 2 is 1.81 bits per heavy atom. The Balaban J connectivity index is 3.60. The van der Waals surface area contributed by atoms with Gasteiger partial charge in [0.05, 0.1) is 9.85 Å². The molecule has 0 aromatic heterocycles. The van der Waals surface area contributed by atoms with E-state index in [1.54, 1.807) is 0 Å². The molecule has 9 heteroatoms. The molecule has 1 aromatic rings. The van der Waals surface area contributed by atoms with Gasteiger partial charge in [-0.05, 0) is 6.07 Å². The number of nitrogens with zero attached hydrogens (tertiary/aromatic N) is 2. The third-order valence-corrected chi connectivity index (χ3v) is 2.08. The zero-order valence-corrected chi connectivity index (χ0v) is 8.17. The number of aromatic carboxylic acids is 1. The smallest absolute Gasteiger partial charge is 0.342 e. The molecule has 0 aliphatic heterocycles. The summed E-state index contributed by atoms with van der Waals surface area (Å²) in [6.45, 7) is 0. The van der Waals surface area contributed by atoms with Crippen LogP contribution in [0.1, 0.15) is 10.4 Å². The van der Waals surface area contributed by atoms with Crippen LogP contribution in [0, 0.1) is 20.2 Å². The van der Waals surface area contributed by atoms with Crippen molar-refractivity contribution in [3.63, 3.8) is 0 Å². The summed E-state index contributed by atoms with van der Waals surface area (Å²) in [6, 6.07) is 1.57. The van der Waals surface area contributed by atoms with Crippen molar-refractivity contribution in [2.45, 2.75) is 0 Å². The van der Waals surface area contributed by atoms with Crippen molar-refractivity contribution >= 4 is 28.9 Å². The number of carboxylic acid groups (broad SMARTS) is 1. The molecule has 0 saturated heterocycles. The lowest BCUT2D eigenvalue weighted by Crippen LogP contribution is -2.04. The van der Waals surface area contributed by atoms with Gasteiger partial charge in [0, 0.05) is 6.07 Å². The van der Waals surface area contributed by atoms with E-state index in [-0.39, 0.29) is 0 Å². The maximum absolute atomic E-state index is 10.6. The Bertz CT molecular complexity index is 500. The second-order valence-corrected chi connectivity index (χ2v) is 2.99. The second kappa shape index (κ2) is 4.11. The van der Waals surface area contributed by atoms with Crippen LogP contribution in [0.3, 0.4) is 0 Å². The Labute approximate surface area is 92.4 Å². The lowest BCUT2D eigenvalue weighted by molar-refractivity contribution is -0.394. The maximum Gasteiger partial charge on any atom is 0.342 e. The molecule has 0 spiro atoms. The van der Waals surface area contributed by atoms with Crippen molar-refractivity contribution in [2.75, 3.05) is 0 Å². The van der Waals surface area contributed by atoms with E-state index >= 15 is 0 Å². The van der Waals surface area contributed by atoms with Crippen LogP contribution in [0.4, 0.5) is 11.4 Å². The van der Waals surface area contributed by atoms with Crippen molar-refractivity contribution < 1.29 is 19.7 Å². The molecule has 0 bridgehead atoms. The van der Waals surface area contributed by atoms with Crippen molar-refractivity contribution in [3.8, 4) is 0 Å². The van der Waals surface area contributed by atoms with Crippen LogP contribution in [0.15, 0.2) is 12.1 Å². The number of carboxylic acids is 1. The van der Waals surface area contributed by atoms with Gasteiger partial charge in [-0.3, -0.25) is 20.2 Å². The molecule has 8 nitrogen and oxygen atoms in total. The second-order valence-electron chi connectivity index (χ2n) is 2.61. The topological polar surface area (TPSA) is 124 Å². The average Bonchev–Trinajstić information content (AvgIpc) is 2.15. The first kappa shape index (κ1) is 11.9. The van der Waals surface area contributed by atoms with Gasteiger partial charge in [-0.2, -0.15) is 0 Å². The Morgan fingerprint density at radius 3 is 2.19 bits per heavy atom. The van der Waals surface area contributed by atoms with Crippen LogP contribution in [0.25, 0.3) is 0 Å². The zero-order chi connectivity index (χ0) is 12.5. The molecule has 0 unspecified atom stereocenters. The molecule has 0 saturated carbocycles. The van der Waals surface area contributed by atoms with Crippen LogP contribution < -0.4 is 0 Å². The number of halogens is 1. The number of hydrogen-bond acceptors (Lipinski definition) is 5. The standard InChI is InChI=1S/C7H3ClN2O6/c8-5-4(9(13)14)2-1-3(7(11)12)6(5)10(15)16/h1-2H,(H,11,12). The minimum absolute atomic E-state index is 0.694. The van der Waals surface area contributed by atoms with Crippen molar-refractivity contribution in [3.05, 3.63) is 42.9 Å². The molecule has 0 aliphatic carbocycles. The highest BCUT2D eigenvalue weighted by Crippen LogP contribution is 2.36. The molecule has 0 aliphatic rings. The molecule has 1 N–H and O–H groups in total. The summed E-state index contributed by atoms with van der Waals surface area (Å²) in [5.41, 5.74) is -2.39. The van der Waals surface area contributed by atoms with Crippen LogP contribution >= 0.6 is 11.6 Å².